The molecule has 2 heterocycles. The molecule has 0 fully saturated rings. The highest BCUT2D eigenvalue weighted by molar-refractivity contribution is 5.81. The van der Waals surface area contributed by atoms with E-state index in [1.54, 1.807) is 12.3 Å². The maximum absolute atomic E-state index is 13.9. The maximum Gasteiger partial charge on any atom is 0.213 e. The molecule has 0 amide bonds. The quantitative estimate of drug-likeness (QED) is 0.454. The van der Waals surface area contributed by atoms with Crippen LogP contribution in [0.2, 0.25) is 0 Å². The van der Waals surface area contributed by atoms with Crippen molar-refractivity contribution < 1.29 is 4.39 Å². The van der Waals surface area contributed by atoms with E-state index >= 15 is 0 Å². The SMILES string of the molecule is Fc1cc(CC2(Cc3ccncc3)c3ccccc3-c3ccccc32)ccn1. The van der Waals surface area contributed by atoms with Crippen LogP contribution in [-0.4, -0.2) is 9.97 Å². The number of rotatable bonds is 4. The van der Waals surface area contributed by atoms with E-state index in [1.165, 1.54) is 27.8 Å². The summed E-state index contributed by atoms with van der Waals surface area (Å²) in [6.45, 7) is 0. The molecule has 0 atom stereocenters. The predicted octanol–water partition coefficient (Wildman–Crippen LogP) is 5.37. The van der Waals surface area contributed by atoms with E-state index in [0.717, 1.165) is 12.0 Å². The molecule has 0 saturated carbocycles. The molecule has 28 heavy (non-hydrogen) atoms. The second-order valence-corrected chi connectivity index (χ2v) is 7.37. The molecular formula is C25H19FN2. The van der Waals surface area contributed by atoms with Crippen LogP contribution in [-0.2, 0) is 18.3 Å². The van der Waals surface area contributed by atoms with Gasteiger partial charge in [0.2, 0.25) is 5.95 Å². The minimum atomic E-state index is -0.434. The van der Waals surface area contributed by atoms with Gasteiger partial charge in [-0.15, -0.1) is 0 Å². The molecule has 0 spiro atoms. The summed E-state index contributed by atoms with van der Waals surface area (Å²) in [5, 5.41) is 0. The molecule has 0 bridgehead atoms. The Morgan fingerprint density at radius 1 is 0.679 bits per heavy atom. The first kappa shape index (κ1) is 16.8. The number of hydrogen-bond donors (Lipinski definition) is 0. The number of aromatic nitrogens is 2. The van der Waals surface area contributed by atoms with Crippen molar-refractivity contribution in [2.45, 2.75) is 18.3 Å². The molecule has 0 radical (unpaired) electrons. The Bertz CT molecular complexity index is 1090. The summed E-state index contributed by atoms with van der Waals surface area (Å²) in [7, 11) is 0. The van der Waals surface area contributed by atoms with Gasteiger partial charge in [0.15, 0.2) is 0 Å². The third-order valence-electron chi connectivity index (χ3n) is 5.73. The number of benzene rings is 2. The maximum atomic E-state index is 13.9. The zero-order valence-electron chi connectivity index (χ0n) is 15.3. The largest absolute Gasteiger partial charge is 0.265 e. The highest BCUT2D eigenvalue weighted by Crippen LogP contribution is 2.52. The van der Waals surface area contributed by atoms with Crippen molar-refractivity contribution in [1.82, 2.24) is 9.97 Å². The molecule has 3 heteroatoms. The third-order valence-corrected chi connectivity index (χ3v) is 5.73. The predicted molar refractivity (Wildman–Crippen MR) is 108 cm³/mol. The van der Waals surface area contributed by atoms with Crippen molar-refractivity contribution in [2.24, 2.45) is 0 Å². The molecule has 0 N–H and O–H groups in total. The smallest absolute Gasteiger partial charge is 0.213 e. The Morgan fingerprint density at radius 2 is 1.25 bits per heavy atom. The topological polar surface area (TPSA) is 25.8 Å². The molecule has 1 aliphatic carbocycles. The molecule has 0 unspecified atom stereocenters. The highest BCUT2D eigenvalue weighted by atomic mass is 19.1. The molecule has 2 aromatic heterocycles. The lowest BCUT2D eigenvalue weighted by Crippen LogP contribution is -2.31. The Balaban J connectivity index is 1.74. The van der Waals surface area contributed by atoms with Gasteiger partial charge in [0.25, 0.3) is 0 Å². The standard InChI is InChI=1S/C25H19FN2/c26-24-15-19(11-14-28-24)17-25(16-18-9-12-27-13-10-18)22-7-3-1-5-20(22)21-6-2-4-8-23(21)25/h1-15H,16-17H2. The molecule has 4 aromatic rings. The van der Waals surface area contributed by atoms with Crippen LogP contribution in [0.25, 0.3) is 11.1 Å². The molecule has 2 nitrogen and oxygen atoms in total. The summed E-state index contributed by atoms with van der Waals surface area (Å²) in [4.78, 5) is 7.90. The van der Waals surface area contributed by atoms with E-state index in [4.69, 9.17) is 0 Å². The second-order valence-electron chi connectivity index (χ2n) is 7.37. The average Bonchev–Trinajstić information content (AvgIpc) is 2.99. The van der Waals surface area contributed by atoms with Gasteiger partial charge in [-0.05, 0) is 70.5 Å². The van der Waals surface area contributed by atoms with Crippen LogP contribution in [0.1, 0.15) is 22.3 Å². The van der Waals surface area contributed by atoms with Gasteiger partial charge in [0.05, 0.1) is 0 Å². The minimum Gasteiger partial charge on any atom is -0.265 e. The van der Waals surface area contributed by atoms with E-state index in [0.29, 0.717) is 6.42 Å². The number of pyridine rings is 2. The van der Waals surface area contributed by atoms with Crippen molar-refractivity contribution in [1.29, 1.82) is 0 Å². The summed E-state index contributed by atoms with van der Waals surface area (Å²) in [5.74, 6) is -0.434. The summed E-state index contributed by atoms with van der Waals surface area (Å²) in [6.07, 6.45) is 6.76. The van der Waals surface area contributed by atoms with Crippen LogP contribution < -0.4 is 0 Å². The first-order chi connectivity index (χ1) is 13.8. The Labute approximate surface area is 163 Å². The summed E-state index contributed by atoms with van der Waals surface area (Å²) in [6, 6.07) is 24.8. The van der Waals surface area contributed by atoms with Crippen LogP contribution in [0, 0.1) is 5.95 Å². The van der Waals surface area contributed by atoms with E-state index in [2.05, 4.69) is 70.6 Å². The minimum absolute atomic E-state index is 0.262. The van der Waals surface area contributed by atoms with Crippen LogP contribution in [0.3, 0.4) is 0 Å². The van der Waals surface area contributed by atoms with Gasteiger partial charge in [-0.3, -0.25) is 4.98 Å². The monoisotopic (exact) mass is 366 g/mol. The average molecular weight is 366 g/mol. The Morgan fingerprint density at radius 3 is 1.89 bits per heavy atom. The van der Waals surface area contributed by atoms with E-state index in [1.807, 2.05) is 18.5 Å². The fraction of sp³-hybridized carbons (Fsp3) is 0.120. The third kappa shape index (κ3) is 2.71. The van der Waals surface area contributed by atoms with Crippen molar-refractivity contribution in [3.8, 4) is 11.1 Å². The van der Waals surface area contributed by atoms with Crippen molar-refractivity contribution in [3.05, 3.63) is 120 Å². The van der Waals surface area contributed by atoms with Gasteiger partial charge >= 0.3 is 0 Å². The number of fused-ring (bicyclic) bond motifs is 3. The van der Waals surface area contributed by atoms with Gasteiger partial charge in [0.1, 0.15) is 0 Å². The molecule has 136 valence electrons. The fourth-order valence-electron chi connectivity index (χ4n) is 4.61. The Kier molecular flexibility index (Phi) is 4.01. The van der Waals surface area contributed by atoms with Gasteiger partial charge in [-0.2, -0.15) is 4.39 Å². The molecule has 0 saturated heterocycles. The zero-order valence-corrected chi connectivity index (χ0v) is 15.3. The number of nitrogens with zero attached hydrogens (tertiary/aromatic N) is 2. The van der Waals surface area contributed by atoms with E-state index in [9.17, 15) is 4.39 Å². The lowest BCUT2D eigenvalue weighted by Gasteiger charge is -2.33. The fourth-order valence-corrected chi connectivity index (χ4v) is 4.61. The highest BCUT2D eigenvalue weighted by Gasteiger charge is 2.43. The first-order valence-electron chi connectivity index (χ1n) is 9.45. The van der Waals surface area contributed by atoms with Gasteiger partial charge < -0.3 is 0 Å². The lowest BCUT2D eigenvalue weighted by atomic mass is 9.70. The normalized spacial score (nSPS) is 13.8. The van der Waals surface area contributed by atoms with Crippen molar-refractivity contribution in [2.75, 3.05) is 0 Å². The molecular weight excluding hydrogens is 347 g/mol. The lowest BCUT2D eigenvalue weighted by molar-refractivity contribution is 0.514. The van der Waals surface area contributed by atoms with E-state index in [-0.39, 0.29) is 5.41 Å². The number of hydrogen-bond acceptors (Lipinski definition) is 2. The summed E-state index contributed by atoms with van der Waals surface area (Å²) >= 11 is 0. The Hall–Kier alpha value is -3.33. The van der Waals surface area contributed by atoms with E-state index < -0.39 is 5.95 Å². The summed E-state index contributed by atoms with van der Waals surface area (Å²) in [5.41, 5.74) is 7.03. The molecule has 5 rings (SSSR count). The van der Waals surface area contributed by atoms with Crippen LogP contribution >= 0.6 is 0 Å². The summed E-state index contributed by atoms with van der Waals surface area (Å²) < 4.78 is 13.9. The van der Waals surface area contributed by atoms with Crippen molar-refractivity contribution in [3.63, 3.8) is 0 Å². The van der Waals surface area contributed by atoms with Gasteiger partial charge in [-0.25, -0.2) is 4.98 Å². The van der Waals surface area contributed by atoms with Gasteiger partial charge in [-0.1, -0.05) is 48.5 Å². The van der Waals surface area contributed by atoms with Crippen LogP contribution in [0.15, 0.2) is 91.4 Å². The molecule has 0 aliphatic heterocycles. The molecule has 2 aromatic carbocycles. The van der Waals surface area contributed by atoms with Crippen LogP contribution in [0.4, 0.5) is 4.39 Å². The van der Waals surface area contributed by atoms with Gasteiger partial charge in [0, 0.05) is 24.0 Å². The zero-order chi connectivity index (χ0) is 19.0. The first-order valence-corrected chi connectivity index (χ1v) is 9.45. The van der Waals surface area contributed by atoms with Crippen LogP contribution in [0.5, 0.6) is 0 Å². The number of halogens is 1. The second kappa shape index (κ2) is 6.68. The van der Waals surface area contributed by atoms with Crippen molar-refractivity contribution >= 4 is 0 Å². The molecule has 1 aliphatic rings.